The molecule has 1 spiro atoms. The van der Waals surface area contributed by atoms with Crippen molar-refractivity contribution in [3.05, 3.63) is 59.4 Å². The zero-order valence-electron chi connectivity index (χ0n) is 24.1. The monoisotopic (exact) mass is 664 g/mol. The van der Waals surface area contributed by atoms with Crippen molar-refractivity contribution in [2.24, 2.45) is 11.3 Å². The number of rotatable bonds is 6. The Morgan fingerprint density at radius 2 is 1.51 bits per heavy atom. The molecule has 246 valence electrons. The summed E-state index contributed by atoms with van der Waals surface area (Å²) in [5.41, 5.74) is -7.21. The number of carbonyl (C=O) groups excluding carboxylic acids is 2. The molecular weight excluding hydrogens is 633 g/mol. The summed E-state index contributed by atoms with van der Waals surface area (Å²) in [7, 11) is -4.58. The number of alkyl halides is 6. The van der Waals surface area contributed by atoms with Gasteiger partial charge in [0.25, 0.3) is 15.6 Å². The highest BCUT2D eigenvalue weighted by molar-refractivity contribution is 7.92. The van der Waals surface area contributed by atoms with Crippen LogP contribution in [0.5, 0.6) is 0 Å². The molecule has 2 aromatic rings. The van der Waals surface area contributed by atoms with E-state index in [1.54, 1.807) is 4.90 Å². The van der Waals surface area contributed by atoms with Crippen LogP contribution in [0.25, 0.3) is 0 Å². The number of aliphatic hydroxyl groups is 1. The van der Waals surface area contributed by atoms with Gasteiger partial charge in [0.1, 0.15) is 11.6 Å². The fourth-order valence-corrected chi connectivity index (χ4v) is 8.55. The summed E-state index contributed by atoms with van der Waals surface area (Å²) < 4.78 is 124. The van der Waals surface area contributed by atoms with Gasteiger partial charge in [0.05, 0.1) is 16.6 Å². The van der Waals surface area contributed by atoms with Crippen LogP contribution in [0.2, 0.25) is 0 Å². The summed E-state index contributed by atoms with van der Waals surface area (Å²) in [5.74, 6) is -1.36. The quantitative estimate of drug-likeness (QED) is 0.404. The highest BCUT2D eigenvalue weighted by Crippen LogP contribution is 2.51. The molecule has 7 nitrogen and oxygen atoms in total. The summed E-state index contributed by atoms with van der Waals surface area (Å²) in [5, 5.41) is 9.92. The average Bonchev–Trinajstić information content (AvgIpc) is 2.93. The molecule has 45 heavy (non-hydrogen) atoms. The number of carbonyl (C=O) groups is 2. The molecular formula is C30H31F7N2O5S. The standard InChI is InChI=1S/C30H31F7N2O5S/c1-18(40)38-16-27(17-38)12-10-19(11-13-27)26(41)15-23-6-2-20-14-21(28(42,29(32,33)34)30(35,36)37)3-9-25(20)39(23)45(43,44)24-7-4-22(31)5-8-24/h3-5,7-9,14,19,23,42H,2,6,10-13,15-17H2,1H3/t23-/m0/s1. The van der Waals surface area contributed by atoms with Crippen LogP contribution in [0.15, 0.2) is 47.4 Å². The van der Waals surface area contributed by atoms with Crippen molar-refractivity contribution < 1.29 is 53.8 Å². The predicted octanol–water partition coefficient (Wildman–Crippen LogP) is 5.65. The Morgan fingerprint density at radius 1 is 0.933 bits per heavy atom. The van der Waals surface area contributed by atoms with E-state index in [0.717, 1.165) is 34.6 Å². The van der Waals surface area contributed by atoms with Gasteiger partial charge in [-0.25, -0.2) is 12.8 Å². The van der Waals surface area contributed by atoms with E-state index in [-0.39, 0.29) is 58.4 Å². The smallest absolute Gasteiger partial charge is 0.369 e. The molecule has 0 bridgehead atoms. The zero-order chi connectivity index (χ0) is 33.2. The van der Waals surface area contributed by atoms with Crippen LogP contribution in [0.3, 0.4) is 0 Å². The molecule has 1 saturated heterocycles. The van der Waals surface area contributed by atoms with E-state index >= 15 is 0 Å². The van der Waals surface area contributed by atoms with Crippen LogP contribution < -0.4 is 4.31 Å². The number of hydrogen-bond acceptors (Lipinski definition) is 5. The molecule has 0 unspecified atom stereocenters. The van der Waals surface area contributed by atoms with E-state index in [4.69, 9.17) is 0 Å². The molecule has 1 amide bonds. The van der Waals surface area contributed by atoms with Gasteiger partial charge in [-0.15, -0.1) is 0 Å². The number of Topliss-reactive ketones (excluding diaryl/α,β-unsaturated/α-hetero) is 1. The first-order valence-corrected chi connectivity index (χ1v) is 15.8. The molecule has 1 N–H and O–H groups in total. The second-order valence-corrected chi connectivity index (χ2v) is 14.1. The Kier molecular flexibility index (Phi) is 8.29. The van der Waals surface area contributed by atoms with Gasteiger partial charge in [0.15, 0.2) is 0 Å². The maximum Gasteiger partial charge on any atom is 0.430 e. The van der Waals surface area contributed by atoms with E-state index in [2.05, 4.69) is 0 Å². The zero-order valence-corrected chi connectivity index (χ0v) is 24.9. The van der Waals surface area contributed by atoms with E-state index < -0.39 is 45.4 Å². The lowest BCUT2D eigenvalue weighted by atomic mass is 9.65. The number of fused-ring (bicyclic) bond motifs is 1. The van der Waals surface area contributed by atoms with Gasteiger partial charge >= 0.3 is 12.4 Å². The van der Waals surface area contributed by atoms with Crippen LogP contribution in [0.1, 0.15) is 56.6 Å². The number of ketones is 1. The number of nitrogens with zero attached hydrogens (tertiary/aromatic N) is 2. The van der Waals surface area contributed by atoms with Crippen LogP contribution in [-0.4, -0.2) is 61.6 Å². The van der Waals surface area contributed by atoms with Gasteiger partial charge in [-0.05, 0) is 74.4 Å². The molecule has 5 rings (SSSR count). The van der Waals surface area contributed by atoms with Crippen molar-refractivity contribution in [1.29, 1.82) is 0 Å². The molecule has 2 aromatic carbocycles. The molecule has 2 aliphatic heterocycles. The lowest BCUT2D eigenvalue weighted by Gasteiger charge is -2.53. The largest absolute Gasteiger partial charge is 0.430 e. The average molecular weight is 665 g/mol. The Labute approximate surface area is 255 Å². The Morgan fingerprint density at radius 3 is 2.04 bits per heavy atom. The number of amides is 1. The minimum atomic E-state index is -6.13. The van der Waals surface area contributed by atoms with Gasteiger partial charge in [-0.1, -0.05) is 12.1 Å². The molecule has 1 aliphatic carbocycles. The second kappa shape index (κ2) is 11.2. The third-order valence-corrected chi connectivity index (χ3v) is 11.3. The first-order chi connectivity index (χ1) is 20.8. The topological polar surface area (TPSA) is 95.0 Å². The lowest BCUT2D eigenvalue weighted by Crippen LogP contribution is -2.59. The Bertz CT molecular complexity index is 1560. The van der Waals surface area contributed by atoms with E-state index in [0.29, 0.717) is 50.9 Å². The number of aryl methyl sites for hydroxylation is 1. The van der Waals surface area contributed by atoms with Crippen LogP contribution in [0, 0.1) is 17.2 Å². The van der Waals surface area contributed by atoms with Crippen LogP contribution in [-0.2, 0) is 31.6 Å². The summed E-state index contributed by atoms with van der Waals surface area (Å²) >= 11 is 0. The van der Waals surface area contributed by atoms with Gasteiger partial charge < -0.3 is 10.0 Å². The highest BCUT2D eigenvalue weighted by atomic mass is 32.2. The summed E-state index contributed by atoms with van der Waals surface area (Å²) in [6, 6.07) is 4.34. The van der Waals surface area contributed by atoms with Gasteiger partial charge in [0.2, 0.25) is 5.91 Å². The van der Waals surface area contributed by atoms with Crippen molar-refractivity contribution in [3.8, 4) is 0 Å². The van der Waals surface area contributed by atoms with Crippen molar-refractivity contribution in [2.45, 2.75) is 80.8 Å². The fraction of sp³-hybridized carbons (Fsp3) is 0.533. The molecule has 1 atom stereocenters. The van der Waals surface area contributed by atoms with Crippen LogP contribution in [0.4, 0.5) is 36.4 Å². The van der Waals surface area contributed by atoms with E-state index in [1.807, 2.05) is 0 Å². The summed E-state index contributed by atoms with van der Waals surface area (Å²) in [6.07, 6.45) is -10.3. The molecule has 2 fully saturated rings. The Hall–Kier alpha value is -3.20. The predicted molar refractivity (Wildman–Crippen MR) is 147 cm³/mol. The summed E-state index contributed by atoms with van der Waals surface area (Å²) in [4.78, 5) is 26.5. The van der Waals surface area contributed by atoms with Crippen molar-refractivity contribution in [2.75, 3.05) is 17.4 Å². The van der Waals surface area contributed by atoms with E-state index in [1.165, 1.54) is 6.92 Å². The van der Waals surface area contributed by atoms with Crippen molar-refractivity contribution in [3.63, 3.8) is 0 Å². The molecule has 15 heteroatoms. The lowest BCUT2D eigenvalue weighted by molar-refractivity contribution is -0.376. The highest BCUT2D eigenvalue weighted by Gasteiger charge is 2.71. The minimum Gasteiger partial charge on any atom is -0.369 e. The number of benzene rings is 2. The number of anilines is 1. The minimum absolute atomic E-state index is 0.0209. The molecule has 3 aliphatic rings. The molecule has 0 radical (unpaired) electrons. The SMILES string of the molecule is CC(=O)N1CC2(CCC(C(=O)C[C@@H]3CCc4cc(C(O)(C(F)(F)F)C(F)(F)F)ccc4N3S(=O)(=O)c3ccc(F)cc3)CC2)C1. The number of likely N-dealkylation sites (tertiary alicyclic amines) is 1. The first-order valence-electron chi connectivity index (χ1n) is 14.4. The molecule has 1 saturated carbocycles. The van der Waals surface area contributed by atoms with Crippen molar-refractivity contribution >= 4 is 27.4 Å². The van der Waals surface area contributed by atoms with Gasteiger partial charge in [-0.3, -0.25) is 13.9 Å². The maximum atomic E-state index is 13.9. The fourth-order valence-electron chi connectivity index (χ4n) is 6.83. The first kappa shape index (κ1) is 33.2. The maximum absolute atomic E-state index is 13.9. The number of sulfonamides is 1. The normalized spacial score (nSPS) is 21.0. The van der Waals surface area contributed by atoms with E-state index in [9.17, 15) is 53.8 Å². The van der Waals surface area contributed by atoms with Gasteiger partial charge in [-0.2, -0.15) is 26.3 Å². The Balaban J connectivity index is 1.46. The van der Waals surface area contributed by atoms with Crippen molar-refractivity contribution in [1.82, 2.24) is 4.90 Å². The second-order valence-electron chi connectivity index (χ2n) is 12.3. The van der Waals surface area contributed by atoms with Gasteiger partial charge in [0, 0.05) is 43.3 Å². The summed E-state index contributed by atoms with van der Waals surface area (Å²) in [6.45, 7) is 2.72. The van der Waals surface area contributed by atoms with Crippen LogP contribution >= 0.6 is 0 Å². The third kappa shape index (κ3) is 5.81. The number of halogens is 7. The molecule has 2 heterocycles. The third-order valence-electron chi connectivity index (χ3n) is 9.44. The molecule has 0 aromatic heterocycles. The number of hydrogen-bond donors (Lipinski definition) is 1.